The molecule has 11 heteroatoms. The molecule has 19 heavy (non-hydrogen) atoms. The molecule has 0 aliphatic rings. The summed E-state index contributed by atoms with van der Waals surface area (Å²) in [6.45, 7) is -0.779. The summed E-state index contributed by atoms with van der Waals surface area (Å²) in [6, 6.07) is 0. The lowest BCUT2D eigenvalue weighted by Gasteiger charge is -2.23. The van der Waals surface area contributed by atoms with Crippen molar-refractivity contribution in [3.63, 3.8) is 0 Å². The predicted molar refractivity (Wildman–Crippen MR) is 54.7 cm³/mol. The summed E-state index contributed by atoms with van der Waals surface area (Å²) in [5.41, 5.74) is 0. The zero-order chi connectivity index (χ0) is 15.6. The predicted octanol–water partition coefficient (Wildman–Crippen LogP) is -2.45. The van der Waals surface area contributed by atoms with E-state index in [1.54, 1.807) is 0 Å². The van der Waals surface area contributed by atoms with Crippen LogP contribution in [0.4, 0.5) is 9.59 Å². The molecule has 0 rings (SSSR count). The first-order valence-corrected chi connectivity index (χ1v) is 4.58. The monoisotopic (exact) mass is 286 g/mol. The average Bonchev–Trinajstić information content (AvgIpc) is 2.32. The Kier molecular flexibility index (Phi) is 10.2. The first-order chi connectivity index (χ1) is 8.63. The number of ether oxygens (including phenoxy) is 1. The zero-order valence-electron chi connectivity index (χ0n) is 9.36. The van der Waals surface area contributed by atoms with Crippen molar-refractivity contribution < 1.29 is 54.9 Å². The second kappa shape index (κ2) is 10.0. The molecule has 0 spiro atoms. The van der Waals surface area contributed by atoms with E-state index in [2.05, 4.69) is 4.74 Å². The third-order valence-electron chi connectivity index (χ3n) is 1.61. The molecule has 0 heterocycles. The third kappa shape index (κ3) is 10.9. The second-order valence-electron chi connectivity index (χ2n) is 3.03. The van der Waals surface area contributed by atoms with E-state index < -0.39 is 43.3 Å². The van der Waals surface area contributed by atoms with Crippen molar-refractivity contribution in [2.75, 3.05) is 6.61 Å². The number of aliphatic hydroxyl groups excluding tert-OH is 4. The Morgan fingerprint density at radius 1 is 1.00 bits per heavy atom. The van der Waals surface area contributed by atoms with E-state index in [0.717, 1.165) is 0 Å². The van der Waals surface area contributed by atoms with Gasteiger partial charge in [0.2, 0.25) is 0 Å². The van der Waals surface area contributed by atoms with Gasteiger partial charge in [0.15, 0.2) is 6.29 Å². The largest absolute Gasteiger partial charge is 0.505 e. The van der Waals surface area contributed by atoms with Gasteiger partial charge in [0.05, 0.1) is 0 Å². The number of hydrogen-bond donors (Lipinski definition) is 7. The number of rotatable bonds is 6. The summed E-state index contributed by atoms with van der Waals surface area (Å²) < 4.78 is 3.91. The summed E-state index contributed by atoms with van der Waals surface area (Å²) in [6.07, 6.45) is -10.9. The van der Waals surface area contributed by atoms with E-state index >= 15 is 0 Å². The Hall–Kier alpha value is -1.95. The van der Waals surface area contributed by atoms with Gasteiger partial charge in [-0.05, 0) is 0 Å². The summed E-state index contributed by atoms with van der Waals surface area (Å²) in [7, 11) is 0. The van der Waals surface area contributed by atoms with Crippen molar-refractivity contribution in [1.82, 2.24) is 0 Å². The van der Waals surface area contributed by atoms with Gasteiger partial charge in [-0.1, -0.05) is 0 Å². The van der Waals surface area contributed by atoms with Crippen LogP contribution < -0.4 is 0 Å². The highest BCUT2D eigenvalue weighted by atomic mass is 16.7. The molecule has 11 nitrogen and oxygen atoms in total. The van der Waals surface area contributed by atoms with Gasteiger partial charge in [0, 0.05) is 0 Å². The molecular formula is C8H14O11. The van der Waals surface area contributed by atoms with Crippen LogP contribution in [0.25, 0.3) is 0 Å². The van der Waals surface area contributed by atoms with Crippen LogP contribution in [0, 0.1) is 0 Å². The van der Waals surface area contributed by atoms with Gasteiger partial charge in [0.25, 0.3) is 0 Å². The molecule has 0 unspecified atom stereocenters. The minimum atomic E-state index is -1.91. The molecule has 112 valence electrons. The van der Waals surface area contributed by atoms with Crippen LogP contribution >= 0.6 is 0 Å². The van der Waals surface area contributed by atoms with Crippen LogP contribution in [0.1, 0.15) is 0 Å². The van der Waals surface area contributed by atoms with Gasteiger partial charge in [-0.2, -0.15) is 0 Å². The van der Waals surface area contributed by atoms with Gasteiger partial charge in [0.1, 0.15) is 31.0 Å². The Balaban J connectivity index is 0. The number of hydrogen-bond acceptors (Lipinski definition) is 8. The first-order valence-electron chi connectivity index (χ1n) is 4.58. The number of aldehydes is 1. The molecule has 0 saturated carbocycles. The van der Waals surface area contributed by atoms with E-state index in [1.807, 2.05) is 0 Å². The van der Waals surface area contributed by atoms with Crippen molar-refractivity contribution >= 4 is 18.6 Å². The fourth-order valence-corrected chi connectivity index (χ4v) is 0.765. The minimum Gasteiger partial charge on any atom is -0.450 e. The fraction of sp³-hybridized carbons (Fsp3) is 0.625. The van der Waals surface area contributed by atoms with Gasteiger partial charge in [-0.25, -0.2) is 9.59 Å². The lowest BCUT2D eigenvalue weighted by Crippen LogP contribution is -2.46. The maximum Gasteiger partial charge on any atom is 0.505 e. The van der Waals surface area contributed by atoms with E-state index in [0.29, 0.717) is 0 Å². The van der Waals surface area contributed by atoms with Crippen molar-refractivity contribution in [1.29, 1.82) is 0 Å². The second-order valence-corrected chi connectivity index (χ2v) is 3.03. The highest BCUT2D eigenvalue weighted by molar-refractivity contribution is 5.57. The summed E-state index contributed by atoms with van der Waals surface area (Å²) >= 11 is 0. The summed E-state index contributed by atoms with van der Waals surface area (Å²) in [5, 5.41) is 58.0. The first kappa shape index (κ1) is 19.4. The lowest BCUT2D eigenvalue weighted by atomic mass is 10.0. The van der Waals surface area contributed by atoms with Gasteiger partial charge < -0.3 is 45.3 Å². The molecule has 4 atom stereocenters. The van der Waals surface area contributed by atoms with Crippen LogP contribution in [0.2, 0.25) is 0 Å². The van der Waals surface area contributed by atoms with E-state index in [4.69, 9.17) is 40.5 Å². The molecule has 0 saturated heterocycles. The average molecular weight is 286 g/mol. The van der Waals surface area contributed by atoms with Crippen LogP contribution in [-0.4, -0.2) is 85.4 Å². The zero-order valence-corrected chi connectivity index (χ0v) is 9.36. The molecule has 0 aromatic heterocycles. The Bertz CT molecular complexity index is 286. The van der Waals surface area contributed by atoms with Crippen LogP contribution in [0.5, 0.6) is 0 Å². The highest BCUT2D eigenvalue weighted by Crippen LogP contribution is 2.04. The van der Waals surface area contributed by atoms with E-state index in [-0.39, 0.29) is 6.29 Å². The molecule has 0 aliphatic carbocycles. The standard InChI is InChI=1S/C7H12O8.CH2O3/c8-1-3(9)5(11)6(12)4(10)2-15-7(13)14;2-1(3)4/h1,3-6,9-12H,2H2,(H,13,14);(H2,2,3,4)/t3-,4+,5+,6+;/m0./s1. The molecule has 7 N–H and O–H groups in total. The van der Waals surface area contributed by atoms with Gasteiger partial charge in [-0.15, -0.1) is 0 Å². The van der Waals surface area contributed by atoms with Crippen molar-refractivity contribution in [2.45, 2.75) is 24.4 Å². The van der Waals surface area contributed by atoms with E-state index in [9.17, 15) is 9.59 Å². The topological polar surface area (TPSA) is 202 Å². The number of carbonyl (C=O) groups excluding carboxylic acids is 1. The molecule has 0 aromatic rings. The van der Waals surface area contributed by atoms with Crippen molar-refractivity contribution in [3.05, 3.63) is 0 Å². The van der Waals surface area contributed by atoms with Crippen LogP contribution in [0.15, 0.2) is 0 Å². The van der Waals surface area contributed by atoms with E-state index in [1.165, 1.54) is 0 Å². The highest BCUT2D eigenvalue weighted by Gasteiger charge is 2.30. The van der Waals surface area contributed by atoms with Crippen LogP contribution in [0.3, 0.4) is 0 Å². The Morgan fingerprint density at radius 3 is 1.74 bits per heavy atom. The Labute approximate surface area is 105 Å². The summed E-state index contributed by atoms with van der Waals surface area (Å²) in [4.78, 5) is 28.5. The Morgan fingerprint density at radius 2 is 1.42 bits per heavy atom. The van der Waals surface area contributed by atoms with Crippen molar-refractivity contribution in [2.24, 2.45) is 0 Å². The number of carbonyl (C=O) groups is 3. The maximum absolute atomic E-state index is 10.0. The van der Waals surface area contributed by atoms with Crippen molar-refractivity contribution in [3.8, 4) is 0 Å². The fourth-order valence-electron chi connectivity index (χ4n) is 0.765. The third-order valence-corrected chi connectivity index (χ3v) is 1.61. The molecule has 0 fully saturated rings. The SMILES string of the molecule is O=C(O)O.O=C[C@H](O)[C@@H](O)[C@H](O)[C@H](O)COC(=O)O. The number of carboxylic acid groups (broad SMARTS) is 3. The minimum absolute atomic E-state index is 0.0291. The molecule has 0 radical (unpaired) electrons. The smallest absolute Gasteiger partial charge is 0.450 e. The molecule has 0 aromatic carbocycles. The van der Waals surface area contributed by atoms with Gasteiger partial charge in [-0.3, -0.25) is 0 Å². The van der Waals surface area contributed by atoms with Crippen LogP contribution in [-0.2, 0) is 9.53 Å². The number of aliphatic hydroxyl groups is 4. The normalized spacial score (nSPS) is 16.0. The quantitative estimate of drug-likeness (QED) is 0.201. The molecule has 0 bridgehead atoms. The molecule has 0 aliphatic heterocycles. The van der Waals surface area contributed by atoms with Gasteiger partial charge >= 0.3 is 12.3 Å². The molecular weight excluding hydrogens is 272 g/mol. The maximum atomic E-state index is 10.0. The summed E-state index contributed by atoms with van der Waals surface area (Å²) in [5.74, 6) is 0. The molecule has 0 amide bonds. The lowest BCUT2D eigenvalue weighted by molar-refractivity contribution is -0.137.